The Kier molecular flexibility index (Phi) is 5.11. The number of hydrogen-bond acceptors (Lipinski definition) is 6. The maximum atomic E-state index is 12.8. The van der Waals surface area contributed by atoms with E-state index in [1.807, 2.05) is 52.8 Å². The summed E-state index contributed by atoms with van der Waals surface area (Å²) in [6.45, 7) is 9.66. The highest BCUT2D eigenvalue weighted by Crippen LogP contribution is 2.40. The van der Waals surface area contributed by atoms with Crippen molar-refractivity contribution < 1.29 is 14.3 Å². The second-order valence-corrected chi connectivity index (χ2v) is 9.41. The zero-order valence-corrected chi connectivity index (χ0v) is 17.8. The van der Waals surface area contributed by atoms with Gasteiger partial charge in [-0.15, -0.1) is 11.3 Å². The van der Waals surface area contributed by atoms with Crippen LogP contribution in [-0.2, 0) is 9.47 Å². The number of aromatic nitrogens is 2. The third-order valence-electron chi connectivity index (χ3n) is 3.85. The van der Waals surface area contributed by atoms with E-state index in [-0.39, 0.29) is 6.04 Å². The van der Waals surface area contributed by atoms with Crippen molar-refractivity contribution in [2.45, 2.75) is 52.0 Å². The average molecular weight is 440 g/mol. The molecule has 1 aliphatic rings. The SMILES string of the molecule is CC(C)(C)OC(=O)N1[C@H](c2ncc(-c3cccc(Br)n3)s2)COC1(C)C. The maximum Gasteiger partial charge on any atom is 0.413 e. The van der Waals surface area contributed by atoms with Crippen molar-refractivity contribution >= 4 is 33.4 Å². The molecule has 140 valence electrons. The molecule has 1 amide bonds. The summed E-state index contributed by atoms with van der Waals surface area (Å²) in [5.41, 5.74) is -0.494. The summed E-state index contributed by atoms with van der Waals surface area (Å²) in [7, 11) is 0. The number of pyridine rings is 1. The van der Waals surface area contributed by atoms with Gasteiger partial charge in [-0.25, -0.2) is 14.8 Å². The van der Waals surface area contributed by atoms with E-state index in [0.717, 1.165) is 20.2 Å². The zero-order chi connectivity index (χ0) is 19.1. The molecule has 1 saturated heterocycles. The van der Waals surface area contributed by atoms with E-state index in [2.05, 4.69) is 25.9 Å². The lowest BCUT2D eigenvalue weighted by molar-refractivity contribution is -0.0626. The molecule has 1 atom stereocenters. The van der Waals surface area contributed by atoms with Crippen LogP contribution in [0.25, 0.3) is 10.6 Å². The van der Waals surface area contributed by atoms with Crippen LogP contribution in [0.2, 0.25) is 0 Å². The lowest BCUT2D eigenvalue weighted by Gasteiger charge is -2.34. The first-order valence-electron chi connectivity index (χ1n) is 8.32. The number of hydrogen-bond donors (Lipinski definition) is 0. The second kappa shape index (κ2) is 6.90. The van der Waals surface area contributed by atoms with Gasteiger partial charge in [0.25, 0.3) is 0 Å². The van der Waals surface area contributed by atoms with Gasteiger partial charge in [0.05, 0.1) is 17.2 Å². The number of amides is 1. The zero-order valence-electron chi connectivity index (χ0n) is 15.4. The monoisotopic (exact) mass is 439 g/mol. The van der Waals surface area contributed by atoms with Gasteiger partial charge < -0.3 is 9.47 Å². The smallest absolute Gasteiger partial charge is 0.413 e. The fourth-order valence-electron chi connectivity index (χ4n) is 2.75. The van der Waals surface area contributed by atoms with Crippen LogP contribution in [0.15, 0.2) is 29.0 Å². The number of carbonyl (C=O) groups is 1. The number of carbonyl (C=O) groups excluding carboxylic acids is 1. The first kappa shape index (κ1) is 19.3. The molecule has 26 heavy (non-hydrogen) atoms. The van der Waals surface area contributed by atoms with Gasteiger partial charge in [0.15, 0.2) is 0 Å². The van der Waals surface area contributed by atoms with Gasteiger partial charge in [0.1, 0.15) is 27.0 Å². The van der Waals surface area contributed by atoms with Gasteiger partial charge >= 0.3 is 6.09 Å². The van der Waals surface area contributed by atoms with E-state index in [9.17, 15) is 4.79 Å². The molecule has 6 nitrogen and oxygen atoms in total. The Bertz CT molecular complexity index is 816. The van der Waals surface area contributed by atoms with Crippen molar-refractivity contribution in [3.63, 3.8) is 0 Å². The number of halogens is 1. The van der Waals surface area contributed by atoms with Gasteiger partial charge in [-0.05, 0) is 62.7 Å². The summed E-state index contributed by atoms with van der Waals surface area (Å²) in [4.78, 5) is 24.3. The lowest BCUT2D eigenvalue weighted by Crippen LogP contribution is -2.47. The van der Waals surface area contributed by atoms with Crippen LogP contribution in [-0.4, -0.2) is 38.9 Å². The van der Waals surface area contributed by atoms with Crippen molar-refractivity contribution in [1.82, 2.24) is 14.9 Å². The number of thiazole rings is 1. The van der Waals surface area contributed by atoms with E-state index in [1.165, 1.54) is 11.3 Å². The molecule has 1 aliphatic heterocycles. The van der Waals surface area contributed by atoms with E-state index in [4.69, 9.17) is 9.47 Å². The summed E-state index contributed by atoms with van der Waals surface area (Å²) in [5.74, 6) is 0. The molecule has 0 saturated carbocycles. The molecular weight excluding hydrogens is 418 g/mol. The Hall–Kier alpha value is -1.51. The van der Waals surface area contributed by atoms with E-state index in [0.29, 0.717) is 6.61 Å². The maximum absolute atomic E-state index is 12.8. The van der Waals surface area contributed by atoms with Crippen molar-refractivity contribution in [2.24, 2.45) is 0 Å². The topological polar surface area (TPSA) is 64.5 Å². The third-order valence-corrected chi connectivity index (χ3v) is 5.42. The molecule has 1 fully saturated rings. The fourth-order valence-corrected chi connectivity index (χ4v) is 4.06. The summed E-state index contributed by atoms with van der Waals surface area (Å²) in [5, 5.41) is 0.804. The van der Waals surface area contributed by atoms with E-state index in [1.54, 1.807) is 11.1 Å². The molecular formula is C18H22BrN3O3S. The van der Waals surface area contributed by atoms with Crippen molar-refractivity contribution in [2.75, 3.05) is 6.61 Å². The number of nitrogens with zero attached hydrogens (tertiary/aromatic N) is 3. The Morgan fingerprint density at radius 2 is 2.15 bits per heavy atom. The number of rotatable bonds is 2. The van der Waals surface area contributed by atoms with Crippen molar-refractivity contribution in [3.8, 4) is 10.6 Å². The molecule has 0 N–H and O–H groups in total. The van der Waals surface area contributed by atoms with Crippen LogP contribution < -0.4 is 0 Å². The Morgan fingerprint density at radius 1 is 1.42 bits per heavy atom. The Labute approximate surface area is 165 Å². The summed E-state index contributed by atoms with van der Waals surface area (Å²) in [6, 6.07) is 5.46. The molecule has 0 aliphatic carbocycles. The Balaban J connectivity index is 1.89. The van der Waals surface area contributed by atoms with Gasteiger partial charge in [-0.3, -0.25) is 4.90 Å². The highest BCUT2D eigenvalue weighted by Gasteiger charge is 2.47. The third kappa shape index (κ3) is 4.07. The molecule has 3 rings (SSSR count). The summed E-state index contributed by atoms with van der Waals surface area (Å²) >= 11 is 4.90. The lowest BCUT2D eigenvalue weighted by atomic mass is 10.2. The van der Waals surface area contributed by atoms with Gasteiger partial charge in [-0.1, -0.05) is 6.07 Å². The van der Waals surface area contributed by atoms with Gasteiger partial charge in [0, 0.05) is 6.20 Å². The summed E-state index contributed by atoms with van der Waals surface area (Å²) in [6.07, 6.45) is 1.38. The second-order valence-electron chi connectivity index (χ2n) is 7.53. The normalized spacial score (nSPS) is 19.6. The van der Waals surface area contributed by atoms with E-state index >= 15 is 0 Å². The van der Waals surface area contributed by atoms with Crippen LogP contribution in [0.4, 0.5) is 4.79 Å². The van der Waals surface area contributed by atoms with Crippen LogP contribution in [0, 0.1) is 0 Å². The molecule has 3 heterocycles. The molecule has 2 aromatic heterocycles. The number of ether oxygens (including phenoxy) is 2. The van der Waals surface area contributed by atoms with Crippen LogP contribution in [0.5, 0.6) is 0 Å². The van der Waals surface area contributed by atoms with Crippen molar-refractivity contribution in [3.05, 3.63) is 34.0 Å². The molecule has 0 bridgehead atoms. The van der Waals surface area contributed by atoms with Gasteiger partial charge in [0.2, 0.25) is 0 Å². The van der Waals surface area contributed by atoms with Crippen molar-refractivity contribution in [1.29, 1.82) is 0 Å². The minimum Gasteiger partial charge on any atom is -0.444 e. The molecule has 0 radical (unpaired) electrons. The highest BCUT2D eigenvalue weighted by molar-refractivity contribution is 9.10. The predicted octanol–water partition coefficient (Wildman–Crippen LogP) is 5.01. The van der Waals surface area contributed by atoms with E-state index < -0.39 is 17.4 Å². The quantitative estimate of drug-likeness (QED) is 0.615. The largest absolute Gasteiger partial charge is 0.444 e. The fraction of sp³-hybridized carbons (Fsp3) is 0.500. The molecule has 2 aromatic rings. The Morgan fingerprint density at radius 3 is 2.81 bits per heavy atom. The average Bonchev–Trinajstić information content (AvgIpc) is 3.09. The molecule has 0 unspecified atom stereocenters. The molecule has 0 aromatic carbocycles. The summed E-state index contributed by atoms with van der Waals surface area (Å²) < 4.78 is 12.2. The van der Waals surface area contributed by atoms with Crippen LogP contribution >= 0.6 is 27.3 Å². The minimum atomic E-state index is -0.757. The first-order valence-corrected chi connectivity index (χ1v) is 9.93. The molecule has 0 spiro atoms. The molecule has 8 heteroatoms. The van der Waals surface area contributed by atoms with Crippen LogP contribution in [0.3, 0.4) is 0 Å². The predicted molar refractivity (Wildman–Crippen MR) is 104 cm³/mol. The standard InChI is InChI=1S/C18H22BrN3O3S/c1-17(2,3)25-16(23)22-12(10-24-18(22,4)5)15-20-9-13(26-15)11-7-6-8-14(19)21-11/h6-9,12H,10H2,1-5H3/t12-/m0/s1. The van der Waals surface area contributed by atoms with Crippen LogP contribution in [0.1, 0.15) is 45.7 Å². The minimum absolute atomic E-state index is 0.286. The first-order chi connectivity index (χ1) is 12.1. The van der Waals surface area contributed by atoms with Gasteiger partial charge in [-0.2, -0.15) is 0 Å². The highest BCUT2D eigenvalue weighted by atomic mass is 79.9.